The van der Waals surface area contributed by atoms with Crippen LogP contribution >= 0.6 is 11.3 Å². The summed E-state index contributed by atoms with van der Waals surface area (Å²) in [4.78, 5) is 11.1. The van der Waals surface area contributed by atoms with E-state index in [0.29, 0.717) is 30.6 Å². The molecule has 0 amide bonds. The zero-order valence-electron chi connectivity index (χ0n) is 10.8. The first-order chi connectivity index (χ1) is 9.37. The summed E-state index contributed by atoms with van der Waals surface area (Å²) in [6.45, 7) is 0. The summed E-state index contributed by atoms with van der Waals surface area (Å²) in [6, 6.07) is 2.80. The quantitative estimate of drug-likeness (QED) is 0.750. The van der Waals surface area contributed by atoms with Gasteiger partial charge in [0.1, 0.15) is 4.21 Å². The molecule has 2 rings (SSSR count). The normalized spacial score (nSPS) is 23.6. The predicted molar refractivity (Wildman–Crippen MR) is 74.2 cm³/mol. The van der Waals surface area contributed by atoms with Crippen LogP contribution in [0.15, 0.2) is 16.3 Å². The van der Waals surface area contributed by atoms with Crippen LogP contribution in [0.2, 0.25) is 0 Å². The minimum Gasteiger partial charge on any atom is -0.481 e. The fourth-order valence-corrected chi connectivity index (χ4v) is 4.89. The molecule has 112 valence electrons. The Balaban J connectivity index is 2.02. The van der Waals surface area contributed by atoms with E-state index in [9.17, 15) is 18.3 Å². The van der Waals surface area contributed by atoms with Gasteiger partial charge in [0.25, 0.3) is 0 Å². The topological polar surface area (TPSA) is 104 Å². The zero-order chi connectivity index (χ0) is 14.8. The van der Waals surface area contributed by atoms with Gasteiger partial charge in [0.15, 0.2) is 0 Å². The Morgan fingerprint density at radius 2 is 1.95 bits per heavy atom. The molecular weight excluding hydrogens is 302 g/mol. The van der Waals surface area contributed by atoms with Gasteiger partial charge in [-0.3, -0.25) is 4.79 Å². The van der Waals surface area contributed by atoms with E-state index in [4.69, 9.17) is 5.11 Å². The van der Waals surface area contributed by atoms with Gasteiger partial charge in [0.05, 0.1) is 12.5 Å². The maximum atomic E-state index is 12.2. The maximum absolute atomic E-state index is 12.2. The molecule has 6 nitrogen and oxygen atoms in total. The largest absolute Gasteiger partial charge is 0.481 e. The number of aliphatic hydroxyl groups excluding tert-OH is 1. The van der Waals surface area contributed by atoms with Crippen LogP contribution in [0.1, 0.15) is 30.6 Å². The third-order valence-electron chi connectivity index (χ3n) is 3.25. The monoisotopic (exact) mass is 319 g/mol. The van der Waals surface area contributed by atoms with Crippen LogP contribution in [0.4, 0.5) is 0 Å². The Bertz CT molecular complexity index is 572. The molecule has 1 fully saturated rings. The molecule has 0 bridgehead atoms. The van der Waals surface area contributed by atoms with Gasteiger partial charge in [0, 0.05) is 10.9 Å². The molecule has 1 aromatic rings. The highest BCUT2D eigenvalue weighted by atomic mass is 32.2. The van der Waals surface area contributed by atoms with Crippen LogP contribution in [0.3, 0.4) is 0 Å². The van der Waals surface area contributed by atoms with Crippen molar-refractivity contribution < 1.29 is 23.4 Å². The molecule has 0 radical (unpaired) electrons. The Kier molecular flexibility index (Phi) is 4.79. The van der Waals surface area contributed by atoms with Gasteiger partial charge in [-0.05, 0) is 37.8 Å². The van der Waals surface area contributed by atoms with Gasteiger partial charge in [-0.25, -0.2) is 13.1 Å². The van der Waals surface area contributed by atoms with Crippen molar-refractivity contribution in [2.75, 3.05) is 0 Å². The van der Waals surface area contributed by atoms with Crippen LogP contribution in [0.25, 0.3) is 0 Å². The second-order valence-electron chi connectivity index (χ2n) is 4.92. The van der Waals surface area contributed by atoms with Gasteiger partial charge >= 0.3 is 5.97 Å². The third-order valence-corrected chi connectivity index (χ3v) is 6.34. The van der Waals surface area contributed by atoms with E-state index in [2.05, 4.69) is 4.72 Å². The first-order valence-electron chi connectivity index (χ1n) is 6.38. The maximum Gasteiger partial charge on any atom is 0.308 e. The van der Waals surface area contributed by atoms with E-state index in [1.807, 2.05) is 0 Å². The molecule has 1 saturated carbocycles. The van der Waals surface area contributed by atoms with Gasteiger partial charge < -0.3 is 10.2 Å². The number of carbonyl (C=O) groups is 1. The minimum atomic E-state index is -3.60. The molecule has 8 heteroatoms. The van der Waals surface area contributed by atoms with Gasteiger partial charge in [0.2, 0.25) is 10.0 Å². The first-order valence-corrected chi connectivity index (χ1v) is 8.67. The fraction of sp³-hybridized carbons (Fsp3) is 0.583. The van der Waals surface area contributed by atoms with Crippen molar-refractivity contribution in [3.63, 3.8) is 0 Å². The van der Waals surface area contributed by atoms with Crippen molar-refractivity contribution in [1.29, 1.82) is 0 Å². The summed E-state index contributed by atoms with van der Waals surface area (Å²) in [5, 5.41) is 18.1. The van der Waals surface area contributed by atoms with E-state index in [-0.39, 0.29) is 22.8 Å². The number of nitrogens with one attached hydrogen (secondary N) is 1. The van der Waals surface area contributed by atoms with Gasteiger partial charge in [-0.1, -0.05) is 0 Å². The zero-order valence-corrected chi connectivity index (χ0v) is 12.4. The van der Waals surface area contributed by atoms with Crippen LogP contribution in [0.5, 0.6) is 0 Å². The van der Waals surface area contributed by atoms with Crippen molar-refractivity contribution in [2.45, 2.75) is 48.5 Å². The highest BCUT2D eigenvalue weighted by Gasteiger charge is 2.25. The number of hydrogen-bond donors (Lipinski definition) is 3. The summed E-state index contributed by atoms with van der Waals surface area (Å²) < 4.78 is 27.1. The van der Waals surface area contributed by atoms with Crippen molar-refractivity contribution in [3.8, 4) is 0 Å². The molecule has 0 aliphatic heterocycles. The first kappa shape index (κ1) is 15.4. The number of sulfonamides is 1. The van der Waals surface area contributed by atoms with Crippen LogP contribution in [-0.2, 0) is 21.2 Å². The average molecular weight is 319 g/mol. The van der Waals surface area contributed by atoms with Crippen molar-refractivity contribution in [1.82, 2.24) is 4.72 Å². The lowest BCUT2D eigenvalue weighted by atomic mass is 9.94. The van der Waals surface area contributed by atoms with Crippen molar-refractivity contribution >= 4 is 27.3 Å². The standard InChI is InChI=1S/C12H17NO5S2/c14-9-3-1-8(2-4-9)13-20(17,18)12-6-5-10(19-12)7-11(15)16/h5-6,8-9,13-14H,1-4,7H2,(H,15,16). The Morgan fingerprint density at radius 3 is 2.55 bits per heavy atom. The molecule has 0 unspecified atom stereocenters. The number of thiophene rings is 1. The van der Waals surface area contributed by atoms with Crippen molar-refractivity contribution in [2.24, 2.45) is 0 Å². The minimum absolute atomic E-state index is 0.139. The smallest absolute Gasteiger partial charge is 0.308 e. The number of aliphatic hydroxyl groups is 1. The predicted octanol–water partition coefficient (Wildman–Crippen LogP) is 0.957. The van der Waals surface area contributed by atoms with E-state index < -0.39 is 16.0 Å². The Labute approximate surface area is 121 Å². The van der Waals surface area contributed by atoms with Gasteiger partial charge in [-0.15, -0.1) is 11.3 Å². The van der Waals surface area contributed by atoms with E-state index in [1.165, 1.54) is 12.1 Å². The SMILES string of the molecule is O=C(O)Cc1ccc(S(=O)(=O)NC2CCC(O)CC2)s1. The molecule has 1 heterocycles. The summed E-state index contributed by atoms with van der Waals surface area (Å²) in [5.41, 5.74) is 0. The summed E-state index contributed by atoms with van der Waals surface area (Å²) >= 11 is 0.977. The molecule has 1 aromatic heterocycles. The number of carboxylic acid groups (broad SMARTS) is 1. The fourth-order valence-electron chi connectivity index (χ4n) is 2.22. The highest BCUT2D eigenvalue weighted by Crippen LogP contribution is 2.25. The number of rotatable bonds is 5. The van der Waals surface area contributed by atoms with E-state index >= 15 is 0 Å². The lowest BCUT2D eigenvalue weighted by Crippen LogP contribution is -2.38. The molecule has 3 N–H and O–H groups in total. The Morgan fingerprint density at radius 1 is 1.30 bits per heavy atom. The summed E-state index contributed by atoms with van der Waals surface area (Å²) in [7, 11) is -3.60. The molecule has 0 aromatic carbocycles. The second kappa shape index (κ2) is 6.21. The average Bonchev–Trinajstić information content (AvgIpc) is 2.80. The van der Waals surface area contributed by atoms with Crippen LogP contribution < -0.4 is 4.72 Å². The van der Waals surface area contributed by atoms with E-state index in [1.54, 1.807) is 0 Å². The van der Waals surface area contributed by atoms with Gasteiger partial charge in [-0.2, -0.15) is 0 Å². The summed E-state index contributed by atoms with van der Waals surface area (Å²) in [6.07, 6.45) is 1.93. The molecule has 1 aliphatic rings. The number of hydrogen-bond acceptors (Lipinski definition) is 5. The molecule has 20 heavy (non-hydrogen) atoms. The van der Waals surface area contributed by atoms with Crippen LogP contribution in [0, 0.1) is 0 Å². The molecular formula is C12H17NO5S2. The number of aliphatic carboxylic acids is 1. The Hall–Kier alpha value is -0.960. The second-order valence-corrected chi connectivity index (χ2v) is 8.03. The molecule has 1 aliphatic carbocycles. The molecule has 0 atom stereocenters. The molecule has 0 saturated heterocycles. The summed E-state index contributed by atoms with van der Waals surface area (Å²) in [5.74, 6) is -0.981. The van der Waals surface area contributed by atoms with Crippen molar-refractivity contribution in [3.05, 3.63) is 17.0 Å². The van der Waals surface area contributed by atoms with Crippen LogP contribution in [-0.4, -0.2) is 36.7 Å². The molecule has 0 spiro atoms. The highest BCUT2D eigenvalue weighted by molar-refractivity contribution is 7.91. The third kappa shape index (κ3) is 4.02. The van der Waals surface area contributed by atoms with E-state index in [0.717, 1.165) is 11.3 Å². The number of carboxylic acids is 1. The lowest BCUT2D eigenvalue weighted by Gasteiger charge is -2.25. The lowest BCUT2D eigenvalue weighted by molar-refractivity contribution is -0.136.